The first-order chi connectivity index (χ1) is 10.6. The lowest BCUT2D eigenvalue weighted by atomic mass is 9.94. The van der Waals surface area contributed by atoms with Crippen molar-refractivity contribution in [3.63, 3.8) is 0 Å². The number of hydrogen-bond acceptors (Lipinski definition) is 4. The Hall–Kier alpha value is -0.960. The Morgan fingerprint density at radius 2 is 2.09 bits per heavy atom. The van der Waals surface area contributed by atoms with Crippen LogP contribution < -0.4 is 0 Å². The molecule has 2 aliphatic heterocycles. The van der Waals surface area contributed by atoms with Crippen molar-refractivity contribution >= 4 is 10.2 Å². The Labute approximate surface area is 131 Å². The van der Waals surface area contributed by atoms with Crippen molar-refractivity contribution in [3.8, 4) is 0 Å². The fourth-order valence-corrected chi connectivity index (χ4v) is 4.91. The van der Waals surface area contributed by atoms with Crippen molar-refractivity contribution in [2.24, 2.45) is 5.92 Å². The van der Waals surface area contributed by atoms with Gasteiger partial charge in [-0.05, 0) is 37.7 Å². The summed E-state index contributed by atoms with van der Waals surface area (Å²) in [5.74, 6) is 0.351. The van der Waals surface area contributed by atoms with E-state index in [0.29, 0.717) is 45.3 Å². The summed E-state index contributed by atoms with van der Waals surface area (Å²) < 4.78 is 33.9. The summed E-state index contributed by atoms with van der Waals surface area (Å²) in [6, 6.07) is 0. The Kier molecular flexibility index (Phi) is 4.82. The maximum absolute atomic E-state index is 12.7. The van der Waals surface area contributed by atoms with Gasteiger partial charge in [-0.3, -0.25) is 5.10 Å². The molecule has 22 heavy (non-hydrogen) atoms. The van der Waals surface area contributed by atoms with Gasteiger partial charge in [0.05, 0.1) is 19.4 Å². The number of nitrogens with one attached hydrogen (secondary N) is 1. The van der Waals surface area contributed by atoms with Gasteiger partial charge in [-0.1, -0.05) is 0 Å². The van der Waals surface area contributed by atoms with Gasteiger partial charge in [0.1, 0.15) is 0 Å². The molecule has 0 aromatic carbocycles. The van der Waals surface area contributed by atoms with Crippen LogP contribution in [0.5, 0.6) is 0 Å². The third kappa shape index (κ3) is 3.34. The maximum Gasteiger partial charge on any atom is 0.282 e. The Morgan fingerprint density at radius 3 is 2.77 bits per heavy atom. The third-order valence-electron chi connectivity index (χ3n) is 4.53. The van der Waals surface area contributed by atoms with Crippen LogP contribution in [-0.2, 0) is 21.4 Å². The number of hydrogen-bond donors (Lipinski definition) is 1. The van der Waals surface area contributed by atoms with Crippen LogP contribution in [0.3, 0.4) is 0 Å². The molecule has 3 rings (SSSR count). The van der Waals surface area contributed by atoms with E-state index in [1.54, 1.807) is 8.61 Å². The number of H-pyrrole nitrogens is 1. The van der Waals surface area contributed by atoms with Crippen LogP contribution in [0, 0.1) is 12.8 Å². The van der Waals surface area contributed by atoms with Crippen molar-refractivity contribution in [1.82, 2.24) is 18.8 Å². The zero-order chi connectivity index (χ0) is 15.6. The highest BCUT2D eigenvalue weighted by atomic mass is 32.2. The number of nitrogens with zero attached hydrogens (tertiary/aromatic N) is 3. The standard InChI is InChI=1S/C14H24N4O3S/c1-12-10-15-16-14(12)9-13-3-2-4-18(11-13)22(19,20)17-5-7-21-8-6-17/h10,13H,2-9,11H2,1H3,(H,15,16)/t13-/m0/s1. The molecule has 0 unspecified atom stereocenters. The van der Waals surface area contributed by atoms with Crippen molar-refractivity contribution in [1.29, 1.82) is 0 Å². The molecule has 8 heteroatoms. The number of morpholine rings is 1. The molecule has 2 aliphatic rings. The fraction of sp³-hybridized carbons (Fsp3) is 0.786. The predicted molar refractivity (Wildman–Crippen MR) is 82.6 cm³/mol. The smallest absolute Gasteiger partial charge is 0.282 e. The molecule has 0 aliphatic carbocycles. The van der Waals surface area contributed by atoms with Crippen LogP contribution in [0.25, 0.3) is 0 Å². The lowest BCUT2D eigenvalue weighted by molar-refractivity contribution is 0.0691. The van der Waals surface area contributed by atoms with E-state index in [4.69, 9.17) is 4.74 Å². The third-order valence-corrected chi connectivity index (χ3v) is 6.53. The molecule has 0 amide bonds. The van der Waals surface area contributed by atoms with Gasteiger partial charge in [-0.25, -0.2) is 0 Å². The number of piperidine rings is 1. The van der Waals surface area contributed by atoms with Crippen molar-refractivity contribution in [2.45, 2.75) is 26.2 Å². The molecule has 0 bridgehead atoms. The summed E-state index contributed by atoms with van der Waals surface area (Å²) in [6.07, 6.45) is 4.66. The second-order valence-electron chi connectivity index (χ2n) is 6.12. The Balaban J connectivity index is 1.66. The van der Waals surface area contributed by atoms with Gasteiger partial charge >= 0.3 is 0 Å². The van der Waals surface area contributed by atoms with Gasteiger partial charge in [0.2, 0.25) is 0 Å². The number of aryl methyl sites for hydroxylation is 1. The minimum atomic E-state index is -3.35. The van der Waals surface area contributed by atoms with E-state index >= 15 is 0 Å². The topological polar surface area (TPSA) is 78.5 Å². The fourth-order valence-electron chi connectivity index (χ4n) is 3.21. The largest absolute Gasteiger partial charge is 0.379 e. The van der Waals surface area contributed by atoms with E-state index in [2.05, 4.69) is 10.2 Å². The van der Waals surface area contributed by atoms with Gasteiger partial charge in [-0.15, -0.1) is 0 Å². The van der Waals surface area contributed by atoms with Crippen LogP contribution in [-0.4, -0.2) is 66.6 Å². The summed E-state index contributed by atoms with van der Waals surface area (Å²) in [5.41, 5.74) is 2.27. The molecule has 0 saturated carbocycles. The van der Waals surface area contributed by atoms with E-state index in [1.165, 1.54) is 0 Å². The summed E-state index contributed by atoms with van der Waals surface area (Å²) in [7, 11) is -3.35. The molecule has 1 aromatic rings. The first kappa shape index (κ1) is 15.9. The van der Waals surface area contributed by atoms with Gasteiger partial charge in [0.15, 0.2) is 0 Å². The predicted octanol–water partition coefficient (Wildman–Crippen LogP) is 0.550. The van der Waals surface area contributed by atoms with E-state index in [9.17, 15) is 8.42 Å². The minimum Gasteiger partial charge on any atom is -0.379 e. The average Bonchev–Trinajstić information content (AvgIpc) is 2.94. The van der Waals surface area contributed by atoms with E-state index in [1.807, 2.05) is 13.1 Å². The molecular formula is C14H24N4O3S. The van der Waals surface area contributed by atoms with E-state index < -0.39 is 10.2 Å². The SMILES string of the molecule is Cc1cn[nH]c1C[C@@H]1CCCN(S(=O)(=O)N2CCOCC2)C1. The monoisotopic (exact) mass is 328 g/mol. The second-order valence-corrected chi connectivity index (χ2v) is 8.05. The summed E-state index contributed by atoms with van der Waals surface area (Å²) in [4.78, 5) is 0. The van der Waals surface area contributed by atoms with Gasteiger partial charge in [0, 0.05) is 31.9 Å². The second kappa shape index (κ2) is 6.66. The first-order valence-electron chi connectivity index (χ1n) is 7.89. The zero-order valence-corrected chi connectivity index (χ0v) is 13.8. The van der Waals surface area contributed by atoms with Gasteiger partial charge in [-0.2, -0.15) is 22.1 Å². The molecule has 0 spiro atoms. The lowest BCUT2D eigenvalue weighted by Gasteiger charge is -2.36. The highest BCUT2D eigenvalue weighted by Gasteiger charge is 2.34. The van der Waals surface area contributed by atoms with Crippen molar-refractivity contribution in [2.75, 3.05) is 39.4 Å². The molecule has 3 heterocycles. The molecule has 0 radical (unpaired) electrons. The molecular weight excluding hydrogens is 304 g/mol. The Bertz CT molecular complexity index is 595. The molecule has 1 N–H and O–H groups in total. The van der Waals surface area contributed by atoms with E-state index in [-0.39, 0.29) is 0 Å². The van der Waals surface area contributed by atoms with Crippen LogP contribution >= 0.6 is 0 Å². The summed E-state index contributed by atoms with van der Waals surface area (Å²) >= 11 is 0. The zero-order valence-electron chi connectivity index (χ0n) is 13.0. The Morgan fingerprint density at radius 1 is 1.32 bits per heavy atom. The molecule has 1 aromatic heterocycles. The molecule has 1 atom stereocenters. The van der Waals surface area contributed by atoms with Gasteiger partial charge in [0.25, 0.3) is 10.2 Å². The lowest BCUT2D eigenvalue weighted by Crippen LogP contribution is -2.51. The van der Waals surface area contributed by atoms with E-state index in [0.717, 1.165) is 30.5 Å². The highest BCUT2D eigenvalue weighted by molar-refractivity contribution is 7.86. The molecule has 124 valence electrons. The van der Waals surface area contributed by atoms with Crippen molar-refractivity contribution < 1.29 is 13.2 Å². The quantitative estimate of drug-likeness (QED) is 0.875. The summed E-state index contributed by atoms with van der Waals surface area (Å²) in [5, 5.41) is 7.07. The maximum atomic E-state index is 12.7. The highest BCUT2D eigenvalue weighted by Crippen LogP contribution is 2.24. The molecule has 7 nitrogen and oxygen atoms in total. The summed E-state index contributed by atoms with van der Waals surface area (Å²) in [6.45, 7) is 5.15. The van der Waals surface area contributed by atoms with Gasteiger partial charge < -0.3 is 4.74 Å². The molecule has 2 fully saturated rings. The first-order valence-corrected chi connectivity index (χ1v) is 9.29. The number of ether oxygens (including phenoxy) is 1. The number of aromatic nitrogens is 2. The van der Waals surface area contributed by atoms with Crippen LogP contribution in [0.15, 0.2) is 6.20 Å². The number of aromatic amines is 1. The molecule has 2 saturated heterocycles. The minimum absolute atomic E-state index is 0.351. The van der Waals surface area contributed by atoms with Crippen molar-refractivity contribution in [3.05, 3.63) is 17.5 Å². The normalized spacial score (nSPS) is 25.4. The van der Waals surface area contributed by atoms with Crippen LogP contribution in [0.2, 0.25) is 0 Å². The van der Waals surface area contributed by atoms with Crippen LogP contribution in [0.1, 0.15) is 24.1 Å². The van der Waals surface area contributed by atoms with Crippen LogP contribution in [0.4, 0.5) is 0 Å². The average molecular weight is 328 g/mol. The number of rotatable bonds is 4.